The molecule has 0 unspecified atom stereocenters. The fraction of sp³-hybridized carbons (Fsp3) is 0.578. The number of aromatic nitrogens is 1. The summed E-state index contributed by atoms with van der Waals surface area (Å²) < 4.78 is 0. The summed E-state index contributed by atoms with van der Waals surface area (Å²) in [5.41, 5.74) is 13.2. The molecule has 3 aromatic rings. The zero-order valence-electron chi connectivity index (χ0n) is 31.1. The van der Waals surface area contributed by atoms with Gasteiger partial charge in [-0.1, -0.05) is 119 Å². The summed E-state index contributed by atoms with van der Waals surface area (Å²) in [4.78, 5) is 15.8. The maximum absolute atomic E-state index is 5.36. The van der Waals surface area contributed by atoms with Gasteiger partial charge in [-0.15, -0.1) is 0 Å². The van der Waals surface area contributed by atoms with E-state index in [9.17, 15) is 0 Å². The SMILES string of the molecule is Cc1cc(C2CCCCC2)c(N=Cc2cccc(C=Nc3c(C4CCCCC4)cc(C)cc3C3CCCCC3)n2)c(C2CCCCC2)c1.[Cl-].[Cl-].[Fe+2]. The Morgan fingerprint density at radius 2 is 0.745 bits per heavy atom. The second-order valence-electron chi connectivity index (χ2n) is 15.9. The summed E-state index contributed by atoms with van der Waals surface area (Å²) in [6.07, 6.45) is 30.7. The third kappa shape index (κ3) is 10.6. The third-order valence-electron chi connectivity index (χ3n) is 12.3. The molecule has 51 heavy (non-hydrogen) atoms. The summed E-state index contributed by atoms with van der Waals surface area (Å²) >= 11 is 0. The Balaban J connectivity index is 0.00000194. The number of pyridine rings is 1. The predicted molar refractivity (Wildman–Crippen MR) is 204 cm³/mol. The first-order valence-electron chi connectivity index (χ1n) is 20.0. The van der Waals surface area contributed by atoms with Gasteiger partial charge in [-0.3, -0.25) is 9.98 Å². The Hall–Kier alpha value is -1.97. The van der Waals surface area contributed by atoms with Gasteiger partial charge in [0.05, 0.1) is 35.2 Å². The van der Waals surface area contributed by atoms with Gasteiger partial charge in [-0.25, -0.2) is 4.98 Å². The van der Waals surface area contributed by atoms with E-state index in [-0.39, 0.29) is 41.9 Å². The van der Waals surface area contributed by atoms with Gasteiger partial charge in [0, 0.05) is 0 Å². The molecule has 2 aromatic carbocycles. The number of hydrogen-bond donors (Lipinski definition) is 0. The predicted octanol–water partition coefficient (Wildman–Crippen LogP) is 7.40. The van der Waals surface area contributed by atoms with Crippen LogP contribution in [0, 0.1) is 13.8 Å². The van der Waals surface area contributed by atoms with Gasteiger partial charge in [0.1, 0.15) is 0 Å². The number of aryl methyl sites for hydroxylation is 2. The molecule has 7 rings (SSSR count). The van der Waals surface area contributed by atoms with Crippen LogP contribution in [0.15, 0.2) is 52.4 Å². The molecule has 0 aliphatic heterocycles. The monoisotopic (exact) mass is 767 g/mol. The normalized spacial score (nSPS) is 19.8. The standard InChI is InChI=1S/C45H59N3.2ClH.Fe/c1-32-26-40(34-16-7-3-8-17-34)44(41(27-32)35-18-9-4-10-19-35)46-30-38-24-15-25-39(48-38)31-47-45-42(36-20-11-5-12-21-36)28-33(2)29-43(45)37-22-13-6-14-23-37;;;/h15,24-31,34-37H,3-14,16-23H2,1-2H3;2*1H;/q;;;+2/p-2. The van der Waals surface area contributed by atoms with E-state index in [1.54, 1.807) is 0 Å². The number of nitrogens with zero attached hydrogens (tertiary/aromatic N) is 3. The average Bonchev–Trinajstić information content (AvgIpc) is 3.15. The molecule has 4 aliphatic carbocycles. The van der Waals surface area contributed by atoms with E-state index in [1.165, 1.54) is 173 Å². The molecule has 0 radical (unpaired) electrons. The molecular formula is C45H59Cl2FeN3. The van der Waals surface area contributed by atoms with Crippen LogP contribution >= 0.6 is 0 Å². The van der Waals surface area contributed by atoms with Gasteiger partial charge >= 0.3 is 17.1 Å². The topological polar surface area (TPSA) is 37.6 Å². The maximum atomic E-state index is 5.36. The quantitative estimate of drug-likeness (QED) is 0.174. The Morgan fingerprint density at radius 1 is 0.471 bits per heavy atom. The zero-order chi connectivity index (χ0) is 32.7. The number of benzene rings is 2. The fourth-order valence-corrected chi connectivity index (χ4v) is 9.74. The van der Waals surface area contributed by atoms with Crippen molar-refractivity contribution in [1.29, 1.82) is 0 Å². The summed E-state index contributed by atoms with van der Waals surface area (Å²) in [6, 6.07) is 16.2. The van der Waals surface area contributed by atoms with Crippen LogP contribution < -0.4 is 24.8 Å². The molecule has 6 heteroatoms. The third-order valence-corrected chi connectivity index (χ3v) is 12.3. The van der Waals surface area contributed by atoms with E-state index in [0.717, 1.165) is 11.4 Å². The molecule has 1 aromatic heterocycles. The van der Waals surface area contributed by atoms with Crippen LogP contribution in [0.5, 0.6) is 0 Å². The van der Waals surface area contributed by atoms with Crippen LogP contribution in [0.2, 0.25) is 0 Å². The van der Waals surface area contributed by atoms with Crippen LogP contribution in [0.1, 0.15) is 197 Å². The largest absolute Gasteiger partial charge is 2.00 e. The van der Waals surface area contributed by atoms with Gasteiger partial charge < -0.3 is 24.8 Å². The van der Waals surface area contributed by atoms with Crippen molar-refractivity contribution < 1.29 is 41.9 Å². The van der Waals surface area contributed by atoms with Crippen LogP contribution in [0.4, 0.5) is 11.4 Å². The van der Waals surface area contributed by atoms with Gasteiger partial charge in [0.2, 0.25) is 0 Å². The van der Waals surface area contributed by atoms with E-state index in [2.05, 4.69) is 56.3 Å². The fourth-order valence-electron chi connectivity index (χ4n) is 9.74. The molecule has 0 amide bonds. The van der Waals surface area contributed by atoms with E-state index < -0.39 is 0 Å². The molecule has 0 bridgehead atoms. The van der Waals surface area contributed by atoms with Gasteiger partial charge in [0.15, 0.2) is 0 Å². The number of rotatable bonds is 8. The number of halogens is 2. The van der Waals surface area contributed by atoms with Crippen molar-refractivity contribution >= 4 is 23.8 Å². The Kier molecular flexibility index (Phi) is 16.8. The number of aliphatic imine (C=N–C) groups is 2. The van der Waals surface area contributed by atoms with Crippen molar-refractivity contribution in [3.63, 3.8) is 0 Å². The molecule has 4 fully saturated rings. The van der Waals surface area contributed by atoms with Crippen molar-refractivity contribution in [3.05, 3.63) is 87.2 Å². The van der Waals surface area contributed by atoms with Gasteiger partial charge in [-0.2, -0.15) is 0 Å². The van der Waals surface area contributed by atoms with Crippen LogP contribution in [0.3, 0.4) is 0 Å². The van der Waals surface area contributed by atoms with E-state index in [1.807, 2.05) is 12.4 Å². The summed E-state index contributed by atoms with van der Waals surface area (Å²) in [7, 11) is 0. The van der Waals surface area contributed by atoms with E-state index in [4.69, 9.17) is 15.0 Å². The first-order chi connectivity index (χ1) is 23.6. The van der Waals surface area contributed by atoms with E-state index >= 15 is 0 Å². The van der Waals surface area contributed by atoms with Crippen LogP contribution in [0.25, 0.3) is 0 Å². The zero-order valence-corrected chi connectivity index (χ0v) is 33.7. The van der Waals surface area contributed by atoms with Crippen LogP contribution in [-0.4, -0.2) is 17.4 Å². The molecule has 0 N–H and O–H groups in total. The summed E-state index contributed by atoms with van der Waals surface area (Å²) in [5.74, 6) is 2.52. The van der Waals surface area contributed by atoms with E-state index in [0.29, 0.717) is 23.7 Å². The van der Waals surface area contributed by atoms with Crippen molar-refractivity contribution in [3.8, 4) is 0 Å². The molecule has 0 atom stereocenters. The maximum Gasteiger partial charge on any atom is 2.00 e. The minimum Gasteiger partial charge on any atom is -1.00 e. The minimum absolute atomic E-state index is 0. The molecule has 276 valence electrons. The molecule has 4 saturated carbocycles. The smallest absolute Gasteiger partial charge is 1.00 e. The second kappa shape index (κ2) is 20.5. The second-order valence-corrected chi connectivity index (χ2v) is 15.9. The van der Waals surface area contributed by atoms with Crippen molar-refractivity contribution in [2.75, 3.05) is 0 Å². The van der Waals surface area contributed by atoms with Crippen molar-refractivity contribution in [2.45, 2.75) is 166 Å². The molecule has 3 nitrogen and oxygen atoms in total. The van der Waals surface area contributed by atoms with Crippen LogP contribution in [-0.2, 0) is 17.1 Å². The first-order valence-corrected chi connectivity index (χ1v) is 20.0. The molecule has 0 saturated heterocycles. The molecular weight excluding hydrogens is 709 g/mol. The average molecular weight is 769 g/mol. The minimum atomic E-state index is 0. The van der Waals surface area contributed by atoms with Crippen molar-refractivity contribution in [1.82, 2.24) is 4.98 Å². The van der Waals surface area contributed by atoms with Crippen molar-refractivity contribution in [2.24, 2.45) is 9.98 Å². The number of hydrogen-bond acceptors (Lipinski definition) is 3. The summed E-state index contributed by atoms with van der Waals surface area (Å²) in [6.45, 7) is 4.59. The molecule has 4 aliphatic rings. The molecule has 1 heterocycles. The Morgan fingerprint density at radius 3 is 1.02 bits per heavy atom. The summed E-state index contributed by atoms with van der Waals surface area (Å²) in [5, 5.41) is 0. The van der Waals surface area contributed by atoms with Gasteiger partial charge in [-0.05, 0) is 123 Å². The van der Waals surface area contributed by atoms with Gasteiger partial charge in [0.25, 0.3) is 0 Å². The molecule has 0 spiro atoms. The Labute approximate surface area is 332 Å². The Bertz CT molecular complexity index is 1400. The first kappa shape index (κ1) is 41.8.